The van der Waals surface area contributed by atoms with Crippen LogP contribution in [0.15, 0.2) is 10.7 Å². The van der Waals surface area contributed by atoms with E-state index >= 15 is 0 Å². The van der Waals surface area contributed by atoms with E-state index in [0.29, 0.717) is 6.54 Å². The van der Waals surface area contributed by atoms with Gasteiger partial charge in [-0.05, 0) is 25.2 Å². The van der Waals surface area contributed by atoms with Crippen molar-refractivity contribution < 1.29 is 14.4 Å². The topological polar surface area (TPSA) is 75.4 Å². The number of nitrogens with one attached hydrogen (secondary N) is 1. The summed E-state index contributed by atoms with van der Waals surface area (Å²) >= 11 is 0. The Labute approximate surface area is 101 Å². The van der Waals surface area contributed by atoms with E-state index in [1.165, 1.54) is 6.20 Å². The highest BCUT2D eigenvalue weighted by molar-refractivity contribution is 5.92. The van der Waals surface area contributed by atoms with Crippen molar-refractivity contribution in [2.45, 2.75) is 33.6 Å². The first kappa shape index (κ1) is 13.7. The van der Waals surface area contributed by atoms with Gasteiger partial charge >= 0.3 is 0 Å². The Hall–Kier alpha value is -1.36. The third kappa shape index (κ3) is 4.19. The molecule has 0 atom stereocenters. The second-order valence-electron chi connectivity index (χ2n) is 5.01. The van der Waals surface area contributed by atoms with Crippen molar-refractivity contribution in [2.24, 2.45) is 5.41 Å². The third-order valence-electron chi connectivity index (χ3n) is 2.69. The molecule has 0 unspecified atom stereocenters. The first-order valence-corrected chi connectivity index (χ1v) is 5.76. The number of hydrogen-bond donors (Lipinski definition) is 2. The molecule has 5 heteroatoms. The molecule has 0 radical (unpaired) electrons. The molecule has 0 aromatic carbocycles. The molecular formula is C12H20N2O3. The molecule has 96 valence electrons. The van der Waals surface area contributed by atoms with Crippen LogP contribution in [0, 0.1) is 12.3 Å². The van der Waals surface area contributed by atoms with Crippen LogP contribution in [-0.2, 0) is 0 Å². The summed E-state index contributed by atoms with van der Waals surface area (Å²) in [7, 11) is 0. The highest BCUT2D eigenvalue weighted by Crippen LogP contribution is 2.21. The Morgan fingerprint density at radius 1 is 1.59 bits per heavy atom. The van der Waals surface area contributed by atoms with Crippen LogP contribution in [0.3, 0.4) is 0 Å². The van der Waals surface area contributed by atoms with Gasteiger partial charge in [0.05, 0.1) is 6.20 Å². The van der Waals surface area contributed by atoms with E-state index in [9.17, 15) is 4.79 Å². The van der Waals surface area contributed by atoms with Crippen molar-refractivity contribution in [2.75, 3.05) is 13.2 Å². The normalized spacial score (nSPS) is 11.5. The Kier molecular flexibility index (Phi) is 4.69. The summed E-state index contributed by atoms with van der Waals surface area (Å²) in [5.74, 6) is 0.0278. The molecule has 0 bridgehead atoms. The lowest BCUT2D eigenvalue weighted by Crippen LogP contribution is -2.34. The number of rotatable bonds is 6. The fraction of sp³-hybridized carbons (Fsp3) is 0.667. The SMILES string of the molecule is Cc1cnoc1C(=O)NCC(C)(C)CCCO. The zero-order valence-electron chi connectivity index (χ0n) is 10.6. The van der Waals surface area contributed by atoms with Crippen molar-refractivity contribution in [1.29, 1.82) is 0 Å². The van der Waals surface area contributed by atoms with Gasteiger partial charge in [-0.1, -0.05) is 19.0 Å². The van der Waals surface area contributed by atoms with Crippen LogP contribution in [0.2, 0.25) is 0 Å². The summed E-state index contributed by atoms with van der Waals surface area (Å²) in [5, 5.41) is 15.2. The molecule has 1 aromatic heterocycles. The summed E-state index contributed by atoms with van der Waals surface area (Å²) < 4.78 is 4.87. The second kappa shape index (κ2) is 5.82. The van der Waals surface area contributed by atoms with Gasteiger partial charge in [0.2, 0.25) is 5.76 Å². The van der Waals surface area contributed by atoms with Gasteiger partial charge in [-0.15, -0.1) is 0 Å². The predicted molar refractivity (Wildman–Crippen MR) is 63.7 cm³/mol. The molecule has 0 saturated carbocycles. The van der Waals surface area contributed by atoms with Crippen LogP contribution >= 0.6 is 0 Å². The lowest BCUT2D eigenvalue weighted by atomic mass is 9.88. The molecule has 0 spiro atoms. The molecule has 0 saturated heterocycles. The first-order valence-electron chi connectivity index (χ1n) is 5.76. The molecule has 1 aromatic rings. The van der Waals surface area contributed by atoms with Crippen molar-refractivity contribution >= 4 is 5.91 Å². The number of hydrogen-bond acceptors (Lipinski definition) is 4. The van der Waals surface area contributed by atoms with Gasteiger partial charge in [-0.25, -0.2) is 0 Å². The third-order valence-corrected chi connectivity index (χ3v) is 2.69. The molecular weight excluding hydrogens is 220 g/mol. The van der Waals surface area contributed by atoms with Crippen LogP contribution in [0.25, 0.3) is 0 Å². The molecule has 1 heterocycles. The molecule has 0 aliphatic carbocycles. The van der Waals surface area contributed by atoms with Crippen molar-refractivity contribution in [3.8, 4) is 0 Å². The standard InChI is InChI=1S/C12H20N2O3/c1-9-7-14-17-10(9)11(16)13-8-12(2,3)5-4-6-15/h7,15H,4-6,8H2,1-3H3,(H,13,16). The zero-order chi connectivity index (χ0) is 12.9. The van der Waals surface area contributed by atoms with Crippen LogP contribution in [0.5, 0.6) is 0 Å². The smallest absolute Gasteiger partial charge is 0.290 e. The molecule has 17 heavy (non-hydrogen) atoms. The van der Waals surface area contributed by atoms with Gasteiger partial charge in [0.15, 0.2) is 0 Å². The average molecular weight is 240 g/mol. The second-order valence-corrected chi connectivity index (χ2v) is 5.01. The van der Waals surface area contributed by atoms with Gasteiger partial charge in [-0.2, -0.15) is 0 Å². The number of aryl methyl sites for hydroxylation is 1. The Bertz CT molecular complexity index is 372. The molecule has 0 aliphatic rings. The number of aromatic nitrogens is 1. The van der Waals surface area contributed by atoms with Gasteiger partial charge in [0.1, 0.15) is 0 Å². The van der Waals surface area contributed by atoms with Gasteiger partial charge in [-0.3, -0.25) is 4.79 Å². The number of aliphatic hydroxyl groups is 1. The largest absolute Gasteiger partial charge is 0.396 e. The summed E-state index contributed by atoms with van der Waals surface area (Å²) in [6.45, 7) is 6.61. The van der Waals surface area contributed by atoms with Gasteiger partial charge in [0, 0.05) is 18.7 Å². The average Bonchev–Trinajstić information content (AvgIpc) is 2.70. The highest BCUT2D eigenvalue weighted by Gasteiger charge is 2.20. The monoisotopic (exact) mass is 240 g/mol. The summed E-state index contributed by atoms with van der Waals surface area (Å²) in [6.07, 6.45) is 3.12. The fourth-order valence-corrected chi connectivity index (χ4v) is 1.56. The first-order chi connectivity index (χ1) is 7.96. The molecule has 1 amide bonds. The summed E-state index contributed by atoms with van der Waals surface area (Å²) in [6, 6.07) is 0. The minimum atomic E-state index is -0.239. The van der Waals surface area contributed by atoms with Crippen molar-refractivity contribution in [3.05, 3.63) is 17.5 Å². The quantitative estimate of drug-likeness (QED) is 0.790. The highest BCUT2D eigenvalue weighted by atomic mass is 16.5. The molecule has 0 fully saturated rings. The van der Waals surface area contributed by atoms with E-state index in [0.717, 1.165) is 18.4 Å². The lowest BCUT2D eigenvalue weighted by molar-refractivity contribution is 0.0895. The van der Waals surface area contributed by atoms with E-state index in [4.69, 9.17) is 9.63 Å². The summed E-state index contributed by atoms with van der Waals surface area (Å²) in [5.41, 5.74) is 0.697. The maximum atomic E-state index is 11.8. The van der Waals surface area contributed by atoms with E-state index in [1.54, 1.807) is 6.92 Å². The number of carbonyl (C=O) groups excluding carboxylic acids is 1. The van der Waals surface area contributed by atoms with Gasteiger partial charge in [0.25, 0.3) is 5.91 Å². The maximum Gasteiger partial charge on any atom is 0.290 e. The Morgan fingerprint density at radius 3 is 2.82 bits per heavy atom. The number of nitrogens with zero attached hydrogens (tertiary/aromatic N) is 1. The Morgan fingerprint density at radius 2 is 2.29 bits per heavy atom. The van der Waals surface area contributed by atoms with Crippen molar-refractivity contribution in [3.63, 3.8) is 0 Å². The zero-order valence-corrected chi connectivity index (χ0v) is 10.6. The number of carbonyl (C=O) groups is 1. The molecule has 5 nitrogen and oxygen atoms in total. The maximum absolute atomic E-state index is 11.8. The minimum Gasteiger partial charge on any atom is -0.396 e. The van der Waals surface area contributed by atoms with E-state index in [1.807, 2.05) is 0 Å². The van der Waals surface area contributed by atoms with Crippen molar-refractivity contribution in [1.82, 2.24) is 10.5 Å². The van der Waals surface area contributed by atoms with E-state index < -0.39 is 0 Å². The van der Waals surface area contributed by atoms with E-state index in [2.05, 4.69) is 24.3 Å². The molecule has 2 N–H and O–H groups in total. The summed E-state index contributed by atoms with van der Waals surface area (Å²) in [4.78, 5) is 11.8. The number of aliphatic hydroxyl groups excluding tert-OH is 1. The number of amides is 1. The molecule has 0 aliphatic heterocycles. The predicted octanol–water partition coefficient (Wildman–Crippen LogP) is 1.51. The Balaban J connectivity index is 2.45. The minimum absolute atomic E-state index is 0.0354. The van der Waals surface area contributed by atoms with Crippen LogP contribution < -0.4 is 5.32 Å². The van der Waals surface area contributed by atoms with Crippen LogP contribution in [-0.4, -0.2) is 29.3 Å². The fourth-order valence-electron chi connectivity index (χ4n) is 1.56. The lowest BCUT2D eigenvalue weighted by Gasteiger charge is -2.24. The van der Waals surface area contributed by atoms with Gasteiger partial charge < -0.3 is 14.9 Å². The molecule has 1 rings (SSSR count). The van der Waals surface area contributed by atoms with Crippen LogP contribution in [0.4, 0.5) is 0 Å². The van der Waals surface area contributed by atoms with Crippen LogP contribution in [0.1, 0.15) is 42.8 Å². The van der Waals surface area contributed by atoms with E-state index in [-0.39, 0.29) is 23.7 Å².